The van der Waals surface area contributed by atoms with Crippen LogP contribution in [0.1, 0.15) is 61.3 Å². The minimum atomic E-state index is -5.19. The number of fused-ring (bicyclic) bond motifs is 3. The fourth-order valence-electron chi connectivity index (χ4n) is 8.51. The summed E-state index contributed by atoms with van der Waals surface area (Å²) in [5.74, 6) is 0.324. The number of amides is 3. The van der Waals surface area contributed by atoms with Crippen molar-refractivity contribution in [1.82, 2.24) is 35.0 Å². The van der Waals surface area contributed by atoms with Crippen molar-refractivity contribution in [2.24, 2.45) is 11.8 Å². The molecule has 2 aromatic heterocycles. The van der Waals surface area contributed by atoms with E-state index in [1.165, 1.54) is 4.90 Å². The molecule has 1 atom stereocenters. The van der Waals surface area contributed by atoms with Crippen molar-refractivity contribution in [2.45, 2.75) is 69.4 Å². The molecule has 0 saturated carbocycles. The van der Waals surface area contributed by atoms with Crippen LogP contribution in [0.15, 0.2) is 47.4 Å². The Kier molecular flexibility index (Phi) is 10.3. The molecule has 290 valence electrons. The highest BCUT2D eigenvalue weighted by atomic mass is 19.4. The van der Waals surface area contributed by atoms with Crippen LogP contribution in [0, 0.1) is 11.8 Å². The number of carbonyl (C=O) groups is 2. The number of likely N-dealkylation sites (tertiary alicyclic amines) is 2. The van der Waals surface area contributed by atoms with Crippen LogP contribution in [0.2, 0.25) is 0 Å². The van der Waals surface area contributed by atoms with Gasteiger partial charge in [-0.15, -0.1) is 0 Å². The summed E-state index contributed by atoms with van der Waals surface area (Å²) in [4.78, 5) is 51.3. The molecule has 0 bridgehead atoms. The second-order valence-corrected chi connectivity index (χ2v) is 14.6. The van der Waals surface area contributed by atoms with E-state index in [0.29, 0.717) is 73.8 Å². The number of hydrogen-bond donors (Lipinski definition) is 4. The van der Waals surface area contributed by atoms with Crippen molar-refractivity contribution in [3.63, 3.8) is 0 Å². The molecule has 3 amide bonds. The normalized spacial score (nSPS) is 19.1. The van der Waals surface area contributed by atoms with Gasteiger partial charge in [0.1, 0.15) is 6.04 Å². The lowest BCUT2D eigenvalue weighted by Crippen LogP contribution is -2.55. The number of carbonyl (C=O) groups excluding carboxylic acids is 2. The van der Waals surface area contributed by atoms with Crippen molar-refractivity contribution < 1.29 is 35.9 Å². The first-order valence-corrected chi connectivity index (χ1v) is 18.3. The molecule has 54 heavy (non-hydrogen) atoms. The van der Waals surface area contributed by atoms with E-state index < -0.39 is 59.1 Å². The van der Waals surface area contributed by atoms with E-state index in [2.05, 4.69) is 20.6 Å². The molecule has 0 aliphatic carbocycles. The van der Waals surface area contributed by atoms with Crippen LogP contribution in [-0.4, -0.2) is 81.6 Å². The van der Waals surface area contributed by atoms with Gasteiger partial charge in [0.05, 0.1) is 39.6 Å². The maximum absolute atomic E-state index is 14.1. The van der Waals surface area contributed by atoms with Gasteiger partial charge in [0.25, 0.3) is 0 Å². The number of urea groups is 1. The lowest BCUT2D eigenvalue weighted by atomic mass is 9.79. The molecule has 3 fully saturated rings. The molecule has 5 heterocycles. The molecule has 3 aliphatic rings. The Hall–Kier alpha value is -4.80. The van der Waals surface area contributed by atoms with Crippen molar-refractivity contribution in [2.75, 3.05) is 45.0 Å². The number of nitrogen functional groups attached to an aromatic ring is 1. The van der Waals surface area contributed by atoms with Crippen molar-refractivity contribution in [3.8, 4) is 0 Å². The summed E-state index contributed by atoms with van der Waals surface area (Å²) in [6.07, 6.45) is -5.16. The zero-order chi connectivity index (χ0) is 38.4. The van der Waals surface area contributed by atoms with Gasteiger partial charge >= 0.3 is 24.1 Å². The number of anilines is 1. The second kappa shape index (κ2) is 14.8. The highest BCUT2D eigenvalue weighted by Gasteiger charge is 2.42. The quantitative estimate of drug-likeness (QED) is 0.147. The summed E-state index contributed by atoms with van der Waals surface area (Å²) < 4.78 is 85.1. The molecule has 0 spiro atoms. The Bertz CT molecular complexity index is 2040. The highest BCUT2D eigenvalue weighted by molar-refractivity contribution is 6.01. The molecule has 17 heteroatoms. The number of nitrogens with one attached hydrogen (secondary N) is 3. The summed E-state index contributed by atoms with van der Waals surface area (Å²) >= 11 is 0. The third kappa shape index (κ3) is 7.59. The molecule has 1 unspecified atom stereocenters. The van der Waals surface area contributed by atoms with Gasteiger partial charge in [-0.1, -0.05) is 18.2 Å². The maximum atomic E-state index is 14.1. The number of nitrogens with two attached hydrogens (primary N) is 1. The number of pyridine rings is 1. The molecule has 5 N–H and O–H groups in total. The number of benzene rings is 2. The third-order valence-electron chi connectivity index (χ3n) is 11.4. The van der Waals surface area contributed by atoms with Crippen LogP contribution in [-0.2, 0) is 23.6 Å². The number of para-hydroxylation sites is 1. The van der Waals surface area contributed by atoms with Gasteiger partial charge < -0.3 is 31.2 Å². The smallest absolute Gasteiger partial charge is 0.398 e. The van der Waals surface area contributed by atoms with Crippen molar-refractivity contribution in [3.05, 3.63) is 69.8 Å². The van der Waals surface area contributed by atoms with E-state index in [1.54, 1.807) is 15.7 Å². The van der Waals surface area contributed by atoms with Crippen LogP contribution in [0.3, 0.4) is 0 Å². The van der Waals surface area contributed by atoms with Gasteiger partial charge in [-0.2, -0.15) is 26.3 Å². The van der Waals surface area contributed by atoms with Gasteiger partial charge in [-0.3, -0.25) is 14.3 Å². The highest BCUT2D eigenvalue weighted by Crippen LogP contribution is 2.42. The topological polar surface area (TPSA) is 141 Å². The van der Waals surface area contributed by atoms with Crippen LogP contribution in [0.5, 0.6) is 0 Å². The Balaban J connectivity index is 1.10. The number of hydrogen-bond acceptors (Lipinski definition) is 6. The minimum absolute atomic E-state index is 0.178. The number of imidazole rings is 1. The molecule has 11 nitrogen and oxygen atoms in total. The van der Waals surface area contributed by atoms with E-state index in [9.17, 15) is 40.7 Å². The largest absolute Gasteiger partial charge is 0.418 e. The summed E-state index contributed by atoms with van der Waals surface area (Å²) in [5.41, 5.74) is 1.84. The first-order valence-electron chi connectivity index (χ1n) is 18.3. The summed E-state index contributed by atoms with van der Waals surface area (Å²) in [6, 6.07) is 6.02. The molecular weight excluding hydrogens is 718 g/mol. The number of nitrogens with zero attached hydrogens (tertiary/aromatic N) is 4. The minimum Gasteiger partial charge on any atom is -0.398 e. The number of halogens is 6. The van der Waals surface area contributed by atoms with E-state index >= 15 is 0 Å². The summed E-state index contributed by atoms with van der Waals surface area (Å²) in [6.45, 7) is 2.91. The average molecular weight is 761 g/mol. The predicted octanol–water partition coefficient (Wildman–Crippen LogP) is 5.69. The van der Waals surface area contributed by atoms with Crippen LogP contribution in [0.4, 0.5) is 36.8 Å². The SMILES string of the molecule is Nc1c(C(F)(F)F)cc(CC(NC(=O)N2CCC(n3c(=O)[nH]c4c5ccccc5ncc43)CC2)C(=O)N2CCC(C3CCNCC3)CC2)cc1C(F)(F)F. The Labute approximate surface area is 306 Å². The molecule has 2 aromatic carbocycles. The molecule has 7 rings (SSSR count). The first-order chi connectivity index (χ1) is 25.7. The number of alkyl halides is 6. The number of rotatable bonds is 6. The van der Waals surface area contributed by atoms with Gasteiger partial charge in [0, 0.05) is 44.0 Å². The van der Waals surface area contributed by atoms with Crippen LogP contribution in [0.25, 0.3) is 21.9 Å². The zero-order valence-electron chi connectivity index (χ0n) is 29.4. The average Bonchev–Trinajstić information content (AvgIpc) is 3.50. The monoisotopic (exact) mass is 760 g/mol. The summed E-state index contributed by atoms with van der Waals surface area (Å²) in [5, 5.41) is 6.79. The van der Waals surface area contributed by atoms with Gasteiger partial charge in [0.2, 0.25) is 5.91 Å². The number of aromatic amines is 1. The standard InChI is InChI=1S/C37H42F6N8O3/c38-36(39,40)26-17-21(18-27(31(26)44)37(41,42)43)19-29(33(52)49-13-7-23(8-14-49)22-5-11-45-12-6-22)47-34(53)50-15-9-24(10-16-50)51-30-20-46-28-4-2-1-3-25(28)32(30)48-35(51)54/h1-4,17-18,20,22-24,29,45H,5-16,19,44H2,(H,47,53)(H,48,54). The maximum Gasteiger partial charge on any atom is 0.418 e. The van der Waals surface area contributed by atoms with Gasteiger partial charge in [-0.25, -0.2) is 9.59 Å². The molecule has 4 aromatic rings. The van der Waals surface area contributed by atoms with E-state index in [4.69, 9.17) is 5.73 Å². The first kappa shape index (κ1) is 37.5. The fourth-order valence-corrected chi connectivity index (χ4v) is 8.51. The lowest BCUT2D eigenvalue weighted by molar-refractivity contribution is -0.141. The Morgan fingerprint density at radius 1 is 0.870 bits per heavy atom. The van der Waals surface area contributed by atoms with E-state index in [0.717, 1.165) is 36.8 Å². The Morgan fingerprint density at radius 2 is 1.46 bits per heavy atom. The zero-order valence-corrected chi connectivity index (χ0v) is 29.4. The third-order valence-corrected chi connectivity index (χ3v) is 11.4. The lowest BCUT2D eigenvalue weighted by Gasteiger charge is -2.39. The summed E-state index contributed by atoms with van der Waals surface area (Å²) in [7, 11) is 0. The number of aromatic nitrogens is 3. The fraction of sp³-hybridized carbons (Fsp3) is 0.514. The van der Waals surface area contributed by atoms with Crippen molar-refractivity contribution in [1.29, 1.82) is 0 Å². The molecule has 3 saturated heterocycles. The van der Waals surface area contributed by atoms with Crippen LogP contribution >= 0.6 is 0 Å². The van der Waals surface area contributed by atoms with Gasteiger partial charge in [0.15, 0.2) is 0 Å². The van der Waals surface area contributed by atoms with E-state index in [-0.39, 0.29) is 24.8 Å². The second-order valence-electron chi connectivity index (χ2n) is 14.6. The number of piperidine rings is 3. The molecule has 3 aliphatic heterocycles. The van der Waals surface area contributed by atoms with E-state index in [1.807, 2.05) is 24.3 Å². The predicted molar refractivity (Wildman–Crippen MR) is 189 cm³/mol. The molecule has 0 radical (unpaired) electrons. The molecular formula is C37H42F6N8O3. The van der Waals surface area contributed by atoms with Gasteiger partial charge in [-0.05, 0) is 87.2 Å². The van der Waals surface area contributed by atoms with Crippen LogP contribution < -0.4 is 22.1 Å². The Morgan fingerprint density at radius 3 is 2.09 bits per heavy atom. The van der Waals surface area contributed by atoms with Crippen molar-refractivity contribution >= 4 is 39.6 Å². The number of H-pyrrole nitrogens is 1.